The number of hydrogen-bond donors (Lipinski definition) is 2. The number of nitrogens with one attached hydrogen (secondary N) is 1. The van der Waals surface area contributed by atoms with E-state index in [4.69, 9.17) is 17.3 Å². The SMILES string of the molecule is CC1(C(=O)Nc2ccc(N)c(Cl)c2)CCCCC1. The molecule has 0 aromatic heterocycles. The van der Waals surface area contributed by atoms with Crippen LogP contribution in [0, 0.1) is 5.41 Å². The summed E-state index contributed by atoms with van der Waals surface area (Å²) < 4.78 is 0. The number of anilines is 2. The van der Waals surface area contributed by atoms with Crippen LogP contribution in [0.15, 0.2) is 18.2 Å². The van der Waals surface area contributed by atoms with E-state index >= 15 is 0 Å². The monoisotopic (exact) mass is 266 g/mol. The molecule has 98 valence electrons. The molecule has 1 aliphatic carbocycles. The van der Waals surface area contributed by atoms with Crippen molar-refractivity contribution in [3.63, 3.8) is 0 Å². The lowest BCUT2D eigenvalue weighted by Gasteiger charge is -2.32. The van der Waals surface area contributed by atoms with E-state index in [2.05, 4.69) is 5.32 Å². The molecule has 0 saturated heterocycles. The van der Waals surface area contributed by atoms with Gasteiger partial charge in [-0.15, -0.1) is 0 Å². The predicted molar refractivity (Wildman–Crippen MR) is 75.7 cm³/mol. The quantitative estimate of drug-likeness (QED) is 0.800. The molecule has 1 aromatic carbocycles. The highest BCUT2D eigenvalue weighted by Gasteiger charge is 2.34. The maximum absolute atomic E-state index is 12.3. The Kier molecular flexibility index (Phi) is 3.81. The van der Waals surface area contributed by atoms with Crippen molar-refractivity contribution >= 4 is 28.9 Å². The molecule has 3 N–H and O–H groups in total. The Labute approximate surface area is 113 Å². The summed E-state index contributed by atoms with van der Waals surface area (Å²) >= 11 is 5.94. The van der Waals surface area contributed by atoms with E-state index in [0.717, 1.165) is 25.7 Å². The van der Waals surface area contributed by atoms with Gasteiger partial charge in [-0.3, -0.25) is 4.79 Å². The number of nitrogen functional groups attached to an aromatic ring is 1. The van der Waals surface area contributed by atoms with Gasteiger partial charge in [-0.25, -0.2) is 0 Å². The number of halogens is 1. The smallest absolute Gasteiger partial charge is 0.230 e. The normalized spacial score (nSPS) is 18.3. The average molecular weight is 267 g/mol. The molecule has 0 atom stereocenters. The van der Waals surface area contributed by atoms with Crippen molar-refractivity contribution in [3.05, 3.63) is 23.2 Å². The van der Waals surface area contributed by atoms with E-state index in [1.165, 1.54) is 6.42 Å². The molecule has 1 aliphatic rings. The summed E-state index contributed by atoms with van der Waals surface area (Å²) in [4.78, 5) is 12.3. The number of amides is 1. The van der Waals surface area contributed by atoms with Gasteiger partial charge in [-0.2, -0.15) is 0 Å². The van der Waals surface area contributed by atoms with Crippen molar-refractivity contribution in [2.75, 3.05) is 11.1 Å². The fraction of sp³-hybridized carbons (Fsp3) is 0.500. The van der Waals surface area contributed by atoms with Gasteiger partial charge < -0.3 is 11.1 Å². The Hall–Kier alpha value is -1.22. The first-order valence-corrected chi connectivity index (χ1v) is 6.75. The predicted octanol–water partition coefficient (Wildman–Crippen LogP) is 3.83. The van der Waals surface area contributed by atoms with Crippen molar-refractivity contribution in [3.8, 4) is 0 Å². The first kappa shape index (κ1) is 13.2. The van der Waals surface area contributed by atoms with Crippen molar-refractivity contribution in [2.24, 2.45) is 5.41 Å². The van der Waals surface area contributed by atoms with Crippen LogP contribution in [0.5, 0.6) is 0 Å². The van der Waals surface area contributed by atoms with Gasteiger partial charge >= 0.3 is 0 Å². The molecule has 0 spiro atoms. The van der Waals surface area contributed by atoms with E-state index in [9.17, 15) is 4.79 Å². The topological polar surface area (TPSA) is 55.1 Å². The molecule has 3 nitrogen and oxygen atoms in total. The lowest BCUT2D eigenvalue weighted by molar-refractivity contribution is -0.126. The van der Waals surface area contributed by atoms with Crippen LogP contribution >= 0.6 is 11.6 Å². The largest absolute Gasteiger partial charge is 0.398 e. The summed E-state index contributed by atoms with van der Waals surface area (Å²) in [6, 6.07) is 5.19. The lowest BCUT2D eigenvalue weighted by Crippen LogP contribution is -2.35. The molecule has 0 bridgehead atoms. The second-order valence-corrected chi connectivity index (χ2v) is 5.72. The van der Waals surface area contributed by atoms with Crippen LogP contribution in [0.4, 0.5) is 11.4 Å². The standard InChI is InChI=1S/C14H19ClN2O/c1-14(7-3-2-4-8-14)13(18)17-10-5-6-12(16)11(15)9-10/h5-6,9H,2-4,7-8,16H2,1H3,(H,17,18). The Morgan fingerprint density at radius 2 is 2.00 bits per heavy atom. The third kappa shape index (κ3) is 2.78. The summed E-state index contributed by atoms with van der Waals surface area (Å²) in [6.07, 6.45) is 5.42. The van der Waals surface area contributed by atoms with Crippen LogP contribution in [0.25, 0.3) is 0 Å². The van der Waals surface area contributed by atoms with Crippen LogP contribution in [0.3, 0.4) is 0 Å². The number of carbonyl (C=O) groups excluding carboxylic acids is 1. The zero-order chi connectivity index (χ0) is 13.2. The van der Waals surface area contributed by atoms with Gasteiger partial charge in [0.25, 0.3) is 0 Å². The summed E-state index contributed by atoms with van der Waals surface area (Å²) in [5.41, 5.74) is 6.64. The number of benzene rings is 1. The summed E-state index contributed by atoms with van der Waals surface area (Å²) in [7, 11) is 0. The molecule has 1 saturated carbocycles. The minimum atomic E-state index is -0.244. The molecular formula is C14H19ClN2O. The minimum Gasteiger partial charge on any atom is -0.398 e. The molecule has 1 aromatic rings. The number of nitrogens with two attached hydrogens (primary N) is 1. The Morgan fingerprint density at radius 3 is 2.61 bits per heavy atom. The fourth-order valence-corrected chi connectivity index (χ4v) is 2.63. The van der Waals surface area contributed by atoms with E-state index < -0.39 is 0 Å². The number of rotatable bonds is 2. The van der Waals surface area contributed by atoms with Gasteiger partial charge in [-0.1, -0.05) is 37.8 Å². The Balaban J connectivity index is 2.08. The average Bonchev–Trinajstić information content (AvgIpc) is 2.35. The zero-order valence-electron chi connectivity index (χ0n) is 10.6. The van der Waals surface area contributed by atoms with Crippen LogP contribution in [-0.2, 0) is 4.79 Å². The highest BCUT2D eigenvalue weighted by atomic mass is 35.5. The molecule has 4 heteroatoms. The second kappa shape index (κ2) is 5.19. The van der Waals surface area contributed by atoms with E-state index in [1.54, 1.807) is 18.2 Å². The highest BCUT2D eigenvalue weighted by Crippen LogP contribution is 2.37. The first-order valence-electron chi connectivity index (χ1n) is 6.38. The van der Waals surface area contributed by atoms with Crippen LogP contribution < -0.4 is 11.1 Å². The maximum Gasteiger partial charge on any atom is 0.230 e. The van der Waals surface area contributed by atoms with Crippen molar-refractivity contribution in [2.45, 2.75) is 39.0 Å². The van der Waals surface area contributed by atoms with E-state index in [-0.39, 0.29) is 11.3 Å². The Morgan fingerprint density at radius 1 is 1.33 bits per heavy atom. The molecular weight excluding hydrogens is 248 g/mol. The van der Waals surface area contributed by atoms with Crippen molar-refractivity contribution in [1.82, 2.24) is 0 Å². The molecule has 0 unspecified atom stereocenters. The number of hydrogen-bond acceptors (Lipinski definition) is 2. The second-order valence-electron chi connectivity index (χ2n) is 5.31. The molecule has 2 rings (SSSR count). The lowest BCUT2D eigenvalue weighted by atomic mass is 9.75. The van der Waals surface area contributed by atoms with Gasteiger partial charge in [0.2, 0.25) is 5.91 Å². The van der Waals surface area contributed by atoms with Crippen molar-refractivity contribution in [1.29, 1.82) is 0 Å². The zero-order valence-corrected chi connectivity index (χ0v) is 11.4. The molecule has 18 heavy (non-hydrogen) atoms. The van der Waals surface area contributed by atoms with Gasteiger partial charge in [0.15, 0.2) is 0 Å². The summed E-state index contributed by atoms with van der Waals surface area (Å²) in [5.74, 6) is 0.0861. The minimum absolute atomic E-state index is 0.0861. The van der Waals surface area contributed by atoms with E-state index in [0.29, 0.717) is 16.4 Å². The summed E-state index contributed by atoms with van der Waals surface area (Å²) in [5, 5.41) is 3.41. The molecule has 1 fully saturated rings. The summed E-state index contributed by atoms with van der Waals surface area (Å²) in [6.45, 7) is 2.04. The van der Waals surface area contributed by atoms with Crippen LogP contribution in [0.1, 0.15) is 39.0 Å². The van der Waals surface area contributed by atoms with Crippen LogP contribution in [-0.4, -0.2) is 5.91 Å². The van der Waals surface area contributed by atoms with Gasteiger partial charge in [0.05, 0.1) is 10.7 Å². The fourth-order valence-electron chi connectivity index (χ4n) is 2.45. The highest BCUT2D eigenvalue weighted by molar-refractivity contribution is 6.33. The van der Waals surface area contributed by atoms with E-state index in [1.807, 2.05) is 6.92 Å². The van der Waals surface area contributed by atoms with Crippen molar-refractivity contribution < 1.29 is 4.79 Å². The Bertz CT molecular complexity index is 453. The molecule has 0 heterocycles. The first-order chi connectivity index (χ1) is 8.51. The van der Waals surface area contributed by atoms with Crippen LogP contribution in [0.2, 0.25) is 5.02 Å². The van der Waals surface area contributed by atoms with Gasteiger partial charge in [-0.05, 0) is 31.0 Å². The number of carbonyl (C=O) groups is 1. The molecule has 0 aliphatic heterocycles. The van der Waals surface area contributed by atoms with Gasteiger partial charge in [0.1, 0.15) is 0 Å². The third-order valence-corrected chi connectivity index (χ3v) is 4.09. The maximum atomic E-state index is 12.3. The van der Waals surface area contributed by atoms with Gasteiger partial charge in [0, 0.05) is 11.1 Å². The third-order valence-electron chi connectivity index (χ3n) is 3.76. The molecule has 0 radical (unpaired) electrons. The molecule has 1 amide bonds.